The first kappa shape index (κ1) is 36.1. The zero-order chi connectivity index (χ0) is 35.7. The van der Waals surface area contributed by atoms with Gasteiger partial charge < -0.3 is 34.9 Å². The Morgan fingerprint density at radius 3 is 2.49 bits per heavy atom. The zero-order valence-corrected chi connectivity index (χ0v) is 31.3. The lowest BCUT2D eigenvalue weighted by Crippen LogP contribution is -2.59. The van der Waals surface area contributed by atoms with Gasteiger partial charge >= 0.3 is 5.97 Å². The molecule has 2 spiro atoms. The number of nitrogens with two attached hydrogens (primary N) is 1. The summed E-state index contributed by atoms with van der Waals surface area (Å²) >= 11 is 0. The van der Waals surface area contributed by atoms with E-state index in [1.165, 1.54) is 13.3 Å². The largest absolute Gasteiger partial charge is 0.456 e. The first-order valence-corrected chi connectivity index (χ1v) is 18.9. The maximum absolute atomic E-state index is 12.5. The van der Waals surface area contributed by atoms with Crippen molar-refractivity contribution in [2.75, 3.05) is 19.7 Å². The minimum absolute atomic E-state index is 0.0558. The maximum Gasteiger partial charge on any atom is 0.303 e. The van der Waals surface area contributed by atoms with Crippen LogP contribution in [0.15, 0.2) is 0 Å². The summed E-state index contributed by atoms with van der Waals surface area (Å²) < 4.78 is 25.2. The Kier molecular flexibility index (Phi) is 8.54. The monoisotopic (exact) mass is 685 g/mol. The van der Waals surface area contributed by atoms with Crippen LogP contribution in [0.2, 0.25) is 0 Å². The van der Waals surface area contributed by atoms with Gasteiger partial charge in [-0.1, -0.05) is 34.6 Å². The molecule has 10 nitrogen and oxygen atoms in total. The van der Waals surface area contributed by atoms with Crippen LogP contribution in [-0.4, -0.2) is 82.9 Å². The molecule has 3 radical (unpaired) electrons. The number of morpholine rings is 1. The van der Waals surface area contributed by atoms with Crippen LogP contribution in [-0.2, 0) is 28.5 Å². The predicted molar refractivity (Wildman–Crippen MR) is 181 cm³/mol. The van der Waals surface area contributed by atoms with Crippen LogP contribution < -0.4 is 5.73 Å². The van der Waals surface area contributed by atoms with Gasteiger partial charge in [0.1, 0.15) is 12.2 Å². The van der Waals surface area contributed by atoms with E-state index in [2.05, 4.69) is 39.5 Å². The minimum Gasteiger partial charge on any atom is -0.456 e. The molecule has 2 aliphatic heterocycles. The van der Waals surface area contributed by atoms with E-state index in [0.717, 1.165) is 38.5 Å². The average Bonchev–Trinajstić information content (AvgIpc) is 3.65. The van der Waals surface area contributed by atoms with Crippen molar-refractivity contribution in [2.45, 2.75) is 150 Å². The van der Waals surface area contributed by atoms with E-state index < -0.39 is 29.2 Å². The van der Waals surface area contributed by atoms with Crippen molar-refractivity contribution in [2.24, 2.45) is 50.6 Å². The summed E-state index contributed by atoms with van der Waals surface area (Å²) in [4.78, 5) is 26.0. The van der Waals surface area contributed by atoms with Gasteiger partial charge in [-0.2, -0.15) is 0 Å². The number of ether oxygens (including phenoxy) is 4. The molecule has 5 aliphatic carbocycles. The molecule has 4 N–H and O–H groups in total. The van der Waals surface area contributed by atoms with Crippen molar-refractivity contribution >= 4 is 11.9 Å². The minimum atomic E-state index is -1.32. The summed E-state index contributed by atoms with van der Waals surface area (Å²) in [6.07, 6.45) is 7.26. The van der Waals surface area contributed by atoms with E-state index in [9.17, 15) is 19.8 Å². The third kappa shape index (κ3) is 4.99. The Bertz CT molecular complexity index is 1330. The smallest absolute Gasteiger partial charge is 0.303 e. The fraction of sp³-hybridized carbons (Fsp3) is 0.872. The summed E-state index contributed by atoms with van der Waals surface area (Å²) in [5.41, 5.74) is 3.94. The Morgan fingerprint density at radius 2 is 1.84 bits per heavy atom. The molecule has 5 saturated carbocycles. The molecule has 275 valence electrons. The first-order valence-electron chi connectivity index (χ1n) is 18.9. The third-order valence-electron chi connectivity index (χ3n) is 15.5. The summed E-state index contributed by atoms with van der Waals surface area (Å²) in [5.74, 6) is 1.49. The van der Waals surface area contributed by atoms with Gasteiger partial charge in [0.15, 0.2) is 12.4 Å². The summed E-state index contributed by atoms with van der Waals surface area (Å²) in [6.45, 7) is 19.9. The Hall–Kier alpha value is -1.30. The van der Waals surface area contributed by atoms with Crippen molar-refractivity contribution in [3.63, 3.8) is 0 Å². The van der Waals surface area contributed by atoms with E-state index >= 15 is 0 Å². The van der Waals surface area contributed by atoms with Gasteiger partial charge in [-0.25, -0.2) is 0 Å². The second-order valence-corrected chi connectivity index (χ2v) is 18.6. The van der Waals surface area contributed by atoms with Gasteiger partial charge in [0.05, 0.1) is 37.0 Å². The Balaban J connectivity index is 1.12. The van der Waals surface area contributed by atoms with Gasteiger partial charge in [0.2, 0.25) is 5.91 Å². The quantitative estimate of drug-likeness (QED) is 0.325. The SMILES string of the molecule is CC(=O)O[C@@H]([C]1C[C@@H](C)[C@H]2[C](O1)[C@H](O)[C@@]1(C)[C]3CC[C@H]4C(C)(C)[C@@H](O[C@H]5CN([C@@H](C)C(N)=O)CCO5)CC[C@@]45C[C@@]35CC[C@]21C)C(C)(C)O. The second kappa shape index (κ2) is 11.6. The molecule has 10 heteroatoms. The van der Waals surface area contributed by atoms with Gasteiger partial charge in [-0.15, -0.1) is 0 Å². The number of hydrogen-bond donors (Lipinski definition) is 3. The van der Waals surface area contributed by atoms with Crippen molar-refractivity contribution in [1.82, 2.24) is 4.90 Å². The molecule has 49 heavy (non-hydrogen) atoms. The van der Waals surface area contributed by atoms with Crippen molar-refractivity contribution in [3.05, 3.63) is 18.1 Å². The van der Waals surface area contributed by atoms with E-state index in [-0.39, 0.29) is 57.8 Å². The number of aliphatic hydroxyl groups excluding tert-OH is 1. The lowest BCUT2D eigenvalue weighted by molar-refractivity contribution is -0.245. The lowest BCUT2D eigenvalue weighted by atomic mass is 9.41. The van der Waals surface area contributed by atoms with Crippen LogP contribution in [0.4, 0.5) is 0 Å². The zero-order valence-electron chi connectivity index (χ0n) is 31.3. The predicted octanol–water partition coefficient (Wildman–Crippen LogP) is 4.70. The van der Waals surface area contributed by atoms with Crippen LogP contribution >= 0.6 is 0 Å². The highest BCUT2D eigenvalue weighted by atomic mass is 16.7. The van der Waals surface area contributed by atoms with Gasteiger partial charge in [-0.05, 0) is 112 Å². The third-order valence-corrected chi connectivity index (χ3v) is 15.5. The van der Waals surface area contributed by atoms with Crippen molar-refractivity contribution in [3.8, 4) is 0 Å². The van der Waals surface area contributed by atoms with Gasteiger partial charge in [0, 0.05) is 24.8 Å². The summed E-state index contributed by atoms with van der Waals surface area (Å²) in [7, 11) is 0. The standard InChI is InChI=1S/C39H61N2O8/c1-21-18-24(32(35(6,7)45)47-23(3)42)48-30-29(21)36(8)14-15-39-20-38(39)13-12-27(49-28-19-41(16-17-46-28)22(2)33(40)44)34(4,5)25(38)10-11-26(39)37(36,9)31(30)43/h21-22,25,27-29,31-32,43,45H,10-20H2,1-9H3,(H2,40,44)/t21-,22+,25+,27+,28+,29+,31+,32+,36-,37-,38-,39+/m1/s1. The lowest BCUT2D eigenvalue weighted by Gasteiger charge is -2.63. The van der Waals surface area contributed by atoms with Gasteiger partial charge in [-0.3, -0.25) is 14.5 Å². The molecule has 7 rings (SSSR count). The highest BCUT2D eigenvalue weighted by molar-refractivity contribution is 5.79. The number of hydrogen-bond acceptors (Lipinski definition) is 9. The summed E-state index contributed by atoms with van der Waals surface area (Å²) in [5, 5.41) is 23.5. The number of carbonyl (C=O) groups is 2. The number of nitrogens with zero attached hydrogens (tertiary/aromatic N) is 1. The van der Waals surface area contributed by atoms with E-state index in [4.69, 9.17) is 24.7 Å². The van der Waals surface area contributed by atoms with E-state index in [0.29, 0.717) is 44.2 Å². The van der Waals surface area contributed by atoms with Gasteiger partial charge in [0.25, 0.3) is 0 Å². The highest BCUT2D eigenvalue weighted by Crippen LogP contribution is 2.90. The average molecular weight is 686 g/mol. The van der Waals surface area contributed by atoms with Crippen molar-refractivity contribution in [1.29, 1.82) is 0 Å². The highest BCUT2D eigenvalue weighted by Gasteiger charge is 2.85. The van der Waals surface area contributed by atoms with Crippen LogP contribution in [0.25, 0.3) is 0 Å². The number of rotatable bonds is 7. The molecule has 12 atom stereocenters. The number of esters is 1. The van der Waals surface area contributed by atoms with E-state index in [1.807, 2.05) is 6.92 Å². The topological polar surface area (TPSA) is 141 Å². The molecule has 7 aliphatic rings. The van der Waals surface area contributed by atoms with Crippen molar-refractivity contribution < 1.29 is 38.7 Å². The normalized spacial score (nSPS) is 46.8. The molecule has 0 aromatic carbocycles. The molecular weight excluding hydrogens is 624 g/mol. The molecule has 2 saturated heterocycles. The molecule has 1 amide bonds. The molecule has 0 aromatic rings. The van der Waals surface area contributed by atoms with E-state index in [1.54, 1.807) is 19.8 Å². The molecular formula is C39H61N2O8. The number of carbonyl (C=O) groups excluding carboxylic acids is 2. The number of primary amides is 1. The Labute approximate surface area is 293 Å². The molecule has 7 fully saturated rings. The fourth-order valence-corrected chi connectivity index (χ4v) is 13.0. The molecule has 2 heterocycles. The molecule has 0 unspecified atom stereocenters. The number of aliphatic hydroxyl groups is 2. The van der Waals surface area contributed by atoms with Crippen LogP contribution in [0.3, 0.4) is 0 Å². The molecule has 0 aromatic heterocycles. The fourth-order valence-electron chi connectivity index (χ4n) is 13.0. The molecule has 0 bridgehead atoms. The van der Waals surface area contributed by atoms with Crippen LogP contribution in [0.1, 0.15) is 114 Å². The maximum atomic E-state index is 12.5. The summed E-state index contributed by atoms with van der Waals surface area (Å²) in [6, 6.07) is -0.350. The van der Waals surface area contributed by atoms with Crippen LogP contribution in [0.5, 0.6) is 0 Å². The number of fused-ring (bicyclic) bond motifs is 4. The first-order chi connectivity index (χ1) is 22.7. The number of amides is 1. The Morgan fingerprint density at radius 1 is 1.12 bits per heavy atom. The second-order valence-electron chi connectivity index (χ2n) is 18.6. The van der Waals surface area contributed by atoms with Crippen LogP contribution in [0, 0.1) is 63.0 Å².